The molecule has 2 N–H and O–H groups in total. The van der Waals surface area contributed by atoms with E-state index in [0.717, 1.165) is 29.4 Å². The molecule has 0 spiro atoms. The van der Waals surface area contributed by atoms with Crippen LogP contribution < -0.4 is 10.9 Å². The minimum Gasteiger partial charge on any atom is -0.321 e. The molecule has 0 aliphatic rings. The van der Waals surface area contributed by atoms with Crippen LogP contribution in [0, 0.1) is 6.92 Å². The van der Waals surface area contributed by atoms with Crippen molar-refractivity contribution in [3.05, 3.63) is 58.9 Å². The third kappa shape index (κ3) is 4.02. The van der Waals surface area contributed by atoms with Gasteiger partial charge in [0.25, 0.3) is 0 Å². The number of hydrogen-bond donors (Lipinski definition) is 2. The monoisotopic (exact) mass is 261 g/mol. The summed E-state index contributed by atoms with van der Waals surface area (Å²) in [7, 11) is 0. The lowest BCUT2D eigenvalue weighted by atomic mass is 10.2. The van der Waals surface area contributed by atoms with E-state index < -0.39 is 0 Å². The summed E-state index contributed by atoms with van der Waals surface area (Å²) >= 11 is 5.81. The fraction of sp³-hybridized carbons (Fsp3) is 0.214. The van der Waals surface area contributed by atoms with Crippen molar-refractivity contribution in [1.29, 1.82) is 0 Å². The second-order valence-electron chi connectivity index (χ2n) is 4.12. The topological polar surface area (TPSA) is 37.0 Å². The molecule has 0 saturated carbocycles. The van der Waals surface area contributed by atoms with E-state index in [1.807, 2.05) is 43.5 Å². The summed E-state index contributed by atoms with van der Waals surface area (Å²) in [5, 5.41) is 0.742. The van der Waals surface area contributed by atoms with Crippen molar-refractivity contribution in [3.63, 3.8) is 0 Å². The number of hydrogen-bond acceptors (Lipinski definition) is 3. The van der Waals surface area contributed by atoms with Crippen molar-refractivity contribution in [3.8, 4) is 0 Å². The van der Waals surface area contributed by atoms with E-state index in [1.54, 1.807) is 0 Å². The highest BCUT2D eigenvalue weighted by Gasteiger charge is 1.94. The number of nitrogens with zero attached hydrogens (tertiary/aromatic N) is 1. The van der Waals surface area contributed by atoms with Crippen molar-refractivity contribution >= 4 is 17.3 Å². The van der Waals surface area contributed by atoms with Crippen LogP contribution in [0.1, 0.15) is 11.3 Å². The zero-order valence-corrected chi connectivity index (χ0v) is 11.0. The molecule has 0 amide bonds. The zero-order valence-electron chi connectivity index (χ0n) is 10.3. The molecule has 4 heteroatoms. The summed E-state index contributed by atoms with van der Waals surface area (Å²) in [6.45, 7) is 2.83. The van der Waals surface area contributed by atoms with E-state index in [0.29, 0.717) is 0 Å². The molecule has 2 rings (SSSR count). The number of hydrazine groups is 1. The van der Waals surface area contributed by atoms with Crippen LogP contribution in [0.25, 0.3) is 0 Å². The largest absolute Gasteiger partial charge is 0.321 e. The SMILES string of the molecule is Cc1ccc(CCNNc2ccc(Cl)cc2)cn1. The molecule has 1 aromatic heterocycles. The number of anilines is 1. The van der Waals surface area contributed by atoms with Gasteiger partial charge in [0.1, 0.15) is 0 Å². The van der Waals surface area contributed by atoms with Crippen molar-refractivity contribution < 1.29 is 0 Å². The lowest BCUT2D eigenvalue weighted by Gasteiger charge is -2.08. The zero-order chi connectivity index (χ0) is 12.8. The Morgan fingerprint density at radius 3 is 2.56 bits per heavy atom. The number of nitrogens with one attached hydrogen (secondary N) is 2. The smallest absolute Gasteiger partial charge is 0.0488 e. The van der Waals surface area contributed by atoms with Gasteiger partial charge in [0.05, 0.1) is 0 Å². The Hall–Kier alpha value is -1.58. The van der Waals surface area contributed by atoms with Gasteiger partial charge < -0.3 is 5.43 Å². The number of aromatic nitrogens is 1. The Morgan fingerprint density at radius 1 is 1.11 bits per heavy atom. The maximum Gasteiger partial charge on any atom is 0.0488 e. The predicted molar refractivity (Wildman–Crippen MR) is 75.8 cm³/mol. The van der Waals surface area contributed by atoms with Gasteiger partial charge in [0.2, 0.25) is 0 Å². The minimum atomic E-state index is 0.742. The Morgan fingerprint density at radius 2 is 1.89 bits per heavy atom. The van der Waals surface area contributed by atoms with Crippen LogP contribution in [-0.4, -0.2) is 11.5 Å². The van der Waals surface area contributed by atoms with Crippen LogP contribution in [0.4, 0.5) is 5.69 Å². The highest BCUT2D eigenvalue weighted by molar-refractivity contribution is 6.30. The first-order valence-electron chi connectivity index (χ1n) is 5.90. The fourth-order valence-electron chi connectivity index (χ4n) is 1.55. The first-order chi connectivity index (χ1) is 8.74. The van der Waals surface area contributed by atoms with Gasteiger partial charge in [-0.1, -0.05) is 17.7 Å². The first-order valence-corrected chi connectivity index (χ1v) is 6.28. The third-order valence-corrected chi connectivity index (χ3v) is 2.84. The Bertz CT molecular complexity index is 432. The van der Waals surface area contributed by atoms with Crippen molar-refractivity contribution in [1.82, 2.24) is 10.4 Å². The molecule has 1 aromatic carbocycles. The highest BCUT2D eigenvalue weighted by atomic mass is 35.5. The Kier molecular flexibility index (Phi) is 4.56. The second-order valence-corrected chi connectivity index (χ2v) is 4.55. The van der Waals surface area contributed by atoms with Gasteiger partial charge >= 0.3 is 0 Å². The third-order valence-electron chi connectivity index (χ3n) is 2.59. The van der Waals surface area contributed by atoms with Gasteiger partial charge in [-0.05, 0) is 49.2 Å². The van der Waals surface area contributed by atoms with Gasteiger partial charge in [-0.3, -0.25) is 4.98 Å². The highest BCUT2D eigenvalue weighted by Crippen LogP contribution is 2.12. The summed E-state index contributed by atoms with van der Waals surface area (Å²) < 4.78 is 0. The number of pyridine rings is 1. The number of benzene rings is 1. The van der Waals surface area contributed by atoms with Crippen molar-refractivity contribution in [2.75, 3.05) is 12.0 Å². The maximum atomic E-state index is 5.81. The van der Waals surface area contributed by atoms with Crippen LogP contribution in [0.15, 0.2) is 42.6 Å². The van der Waals surface area contributed by atoms with E-state index in [4.69, 9.17) is 11.6 Å². The van der Waals surface area contributed by atoms with Gasteiger partial charge in [0, 0.05) is 29.1 Å². The fourth-order valence-corrected chi connectivity index (χ4v) is 1.68. The summed E-state index contributed by atoms with van der Waals surface area (Å²) in [6, 6.07) is 11.7. The van der Waals surface area contributed by atoms with E-state index in [9.17, 15) is 0 Å². The van der Waals surface area contributed by atoms with Crippen LogP contribution in [0.3, 0.4) is 0 Å². The average molecular weight is 262 g/mol. The number of aryl methyl sites for hydroxylation is 1. The molecule has 1 heterocycles. The number of rotatable bonds is 5. The molecule has 0 fully saturated rings. The summed E-state index contributed by atoms with van der Waals surface area (Å²) in [6.07, 6.45) is 2.85. The lowest BCUT2D eigenvalue weighted by Crippen LogP contribution is -2.24. The molecule has 0 saturated heterocycles. The molecule has 0 aliphatic heterocycles. The molecule has 0 unspecified atom stereocenters. The summed E-state index contributed by atoms with van der Waals surface area (Å²) in [5.41, 5.74) is 9.56. The Balaban J connectivity index is 1.73. The molecule has 2 aromatic rings. The van der Waals surface area contributed by atoms with Gasteiger partial charge in [0.15, 0.2) is 0 Å². The maximum absolute atomic E-state index is 5.81. The summed E-state index contributed by atoms with van der Waals surface area (Å²) in [5.74, 6) is 0. The minimum absolute atomic E-state index is 0.742. The van der Waals surface area contributed by atoms with E-state index >= 15 is 0 Å². The first kappa shape index (κ1) is 12.9. The average Bonchev–Trinajstić information content (AvgIpc) is 2.39. The molecule has 3 nitrogen and oxygen atoms in total. The lowest BCUT2D eigenvalue weighted by molar-refractivity contribution is 0.776. The van der Waals surface area contributed by atoms with Crippen molar-refractivity contribution in [2.24, 2.45) is 0 Å². The van der Waals surface area contributed by atoms with Crippen LogP contribution in [0.5, 0.6) is 0 Å². The normalized spacial score (nSPS) is 10.3. The molecule has 0 radical (unpaired) electrons. The second kappa shape index (κ2) is 6.38. The molecule has 0 aliphatic carbocycles. The summed E-state index contributed by atoms with van der Waals surface area (Å²) in [4.78, 5) is 4.26. The molecule has 18 heavy (non-hydrogen) atoms. The van der Waals surface area contributed by atoms with Crippen LogP contribution in [0.2, 0.25) is 5.02 Å². The number of halogens is 1. The molecule has 94 valence electrons. The van der Waals surface area contributed by atoms with Crippen LogP contribution >= 0.6 is 11.6 Å². The van der Waals surface area contributed by atoms with Crippen LogP contribution in [-0.2, 0) is 6.42 Å². The molecular formula is C14H16ClN3. The standard InChI is InChI=1S/C14H16ClN3/c1-11-2-3-12(10-16-11)8-9-17-18-14-6-4-13(15)5-7-14/h2-7,10,17-18H,8-9H2,1H3. The Labute approximate surface area is 112 Å². The molecule has 0 bridgehead atoms. The van der Waals surface area contributed by atoms with Gasteiger partial charge in [-0.25, -0.2) is 5.43 Å². The molecular weight excluding hydrogens is 246 g/mol. The van der Waals surface area contributed by atoms with E-state index in [1.165, 1.54) is 5.56 Å². The predicted octanol–water partition coefficient (Wildman–Crippen LogP) is 3.20. The van der Waals surface area contributed by atoms with Crippen molar-refractivity contribution in [2.45, 2.75) is 13.3 Å². The van der Waals surface area contributed by atoms with Gasteiger partial charge in [-0.15, -0.1) is 0 Å². The van der Waals surface area contributed by atoms with Gasteiger partial charge in [-0.2, -0.15) is 0 Å². The quantitative estimate of drug-likeness (QED) is 0.641. The molecule has 0 atom stereocenters. The van der Waals surface area contributed by atoms with E-state index in [2.05, 4.69) is 21.9 Å². The van der Waals surface area contributed by atoms with E-state index in [-0.39, 0.29) is 0 Å².